The zero-order chi connectivity index (χ0) is 12.3. The molecule has 0 atom stereocenters. The van der Waals surface area contributed by atoms with E-state index >= 15 is 0 Å². The highest BCUT2D eigenvalue weighted by molar-refractivity contribution is 6.32. The summed E-state index contributed by atoms with van der Waals surface area (Å²) in [6.45, 7) is 1.51. The van der Waals surface area contributed by atoms with Gasteiger partial charge in [0.2, 0.25) is 0 Å². The van der Waals surface area contributed by atoms with Crippen molar-refractivity contribution >= 4 is 17.7 Å². The first-order chi connectivity index (χ1) is 8.24. The van der Waals surface area contributed by atoms with Gasteiger partial charge in [-0.2, -0.15) is 0 Å². The lowest BCUT2D eigenvalue weighted by atomic mass is 10.1. The minimum absolute atomic E-state index is 0.0133. The third kappa shape index (κ3) is 2.48. The van der Waals surface area contributed by atoms with Gasteiger partial charge in [0.25, 0.3) is 0 Å². The average molecular weight is 256 g/mol. The molecular formula is C12H14ClNO3. The summed E-state index contributed by atoms with van der Waals surface area (Å²) in [5.74, 6) is 1.07. The Labute approximate surface area is 105 Å². The summed E-state index contributed by atoms with van der Waals surface area (Å²) in [5.41, 5.74) is 5.91. The highest BCUT2D eigenvalue weighted by Gasteiger charge is 2.19. The Hall–Kier alpha value is -1.39. The molecule has 0 amide bonds. The number of hydrogen-bond donors (Lipinski definition) is 2. The molecule has 92 valence electrons. The minimum Gasteiger partial charge on any atom is -0.506 e. The van der Waals surface area contributed by atoms with E-state index in [1.807, 2.05) is 0 Å². The zero-order valence-corrected chi connectivity index (χ0v) is 10.0. The van der Waals surface area contributed by atoms with Crippen LogP contribution < -0.4 is 15.2 Å². The maximum absolute atomic E-state index is 9.91. The fourth-order valence-electron chi connectivity index (χ4n) is 1.63. The monoisotopic (exact) mass is 255 g/mol. The molecule has 2 rings (SSSR count). The number of rotatable bonds is 2. The van der Waals surface area contributed by atoms with E-state index < -0.39 is 0 Å². The summed E-state index contributed by atoms with van der Waals surface area (Å²) in [4.78, 5) is 0. The number of halogens is 1. The Morgan fingerprint density at radius 1 is 1.41 bits per heavy atom. The van der Waals surface area contributed by atoms with E-state index in [1.165, 1.54) is 0 Å². The summed E-state index contributed by atoms with van der Waals surface area (Å²) in [6, 6.07) is 1.57. The maximum atomic E-state index is 9.91. The largest absolute Gasteiger partial charge is 0.506 e. The van der Waals surface area contributed by atoms with Crippen molar-refractivity contribution in [2.75, 3.05) is 19.8 Å². The van der Waals surface area contributed by atoms with Crippen molar-refractivity contribution in [3.63, 3.8) is 0 Å². The SMILES string of the molecule is NC/C=C/c1c(O)c(Cl)cc2c1OCCCO2. The first-order valence-electron chi connectivity index (χ1n) is 5.41. The maximum Gasteiger partial charge on any atom is 0.172 e. The molecular weight excluding hydrogens is 242 g/mol. The molecule has 1 aliphatic rings. The van der Waals surface area contributed by atoms with Crippen LogP contribution in [-0.4, -0.2) is 24.9 Å². The van der Waals surface area contributed by atoms with Crippen LogP contribution in [0.3, 0.4) is 0 Å². The molecule has 0 aromatic heterocycles. The lowest BCUT2D eigenvalue weighted by Crippen LogP contribution is -1.98. The Balaban J connectivity index is 2.53. The third-order valence-electron chi connectivity index (χ3n) is 2.42. The average Bonchev–Trinajstić information content (AvgIpc) is 2.55. The van der Waals surface area contributed by atoms with Gasteiger partial charge in [-0.15, -0.1) is 0 Å². The van der Waals surface area contributed by atoms with E-state index in [2.05, 4.69) is 0 Å². The molecule has 0 spiro atoms. The number of benzene rings is 1. The molecule has 0 fully saturated rings. The summed E-state index contributed by atoms with van der Waals surface area (Å²) in [6.07, 6.45) is 4.21. The number of phenols is 1. The van der Waals surface area contributed by atoms with Gasteiger partial charge in [-0.1, -0.05) is 23.8 Å². The van der Waals surface area contributed by atoms with Crippen LogP contribution in [0.5, 0.6) is 17.2 Å². The van der Waals surface area contributed by atoms with Gasteiger partial charge < -0.3 is 20.3 Å². The number of nitrogens with two attached hydrogens (primary N) is 1. The van der Waals surface area contributed by atoms with Crippen molar-refractivity contribution in [2.45, 2.75) is 6.42 Å². The number of ether oxygens (including phenoxy) is 2. The molecule has 1 aromatic rings. The van der Waals surface area contributed by atoms with E-state index in [1.54, 1.807) is 18.2 Å². The first kappa shape index (κ1) is 12.1. The lowest BCUT2D eigenvalue weighted by Gasteiger charge is -2.13. The number of fused-ring (bicyclic) bond motifs is 1. The van der Waals surface area contributed by atoms with Crippen molar-refractivity contribution in [3.05, 3.63) is 22.7 Å². The fourth-order valence-corrected chi connectivity index (χ4v) is 1.83. The van der Waals surface area contributed by atoms with Crippen LogP contribution in [0, 0.1) is 0 Å². The molecule has 17 heavy (non-hydrogen) atoms. The van der Waals surface area contributed by atoms with Crippen molar-refractivity contribution in [2.24, 2.45) is 5.73 Å². The quantitative estimate of drug-likeness (QED) is 0.850. The first-order valence-corrected chi connectivity index (χ1v) is 5.79. The smallest absolute Gasteiger partial charge is 0.172 e. The highest BCUT2D eigenvalue weighted by Crippen LogP contribution is 2.43. The van der Waals surface area contributed by atoms with Crippen LogP contribution in [0.25, 0.3) is 6.08 Å². The summed E-state index contributed by atoms with van der Waals surface area (Å²) in [7, 11) is 0. The third-order valence-corrected chi connectivity index (χ3v) is 2.71. The van der Waals surface area contributed by atoms with Crippen molar-refractivity contribution in [1.82, 2.24) is 0 Å². The molecule has 0 radical (unpaired) electrons. The molecule has 0 unspecified atom stereocenters. The fraction of sp³-hybridized carbons (Fsp3) is 0.333. The predicted octanol–water partition coefficient (Wildman–Crippen LogP) is 2.18. The van der Waals surface area contributed by atoms with Crippen molar-refractivity contribution in [1.29, 1.82) is 0 Å². The van der Waals surface area contributed by atoms with Crippen LogP contribution in [0.4, 0.5) is 0 Å². The van der Waals surface area contributed by atoms with Crippen molar-refractivity contribution < 1.29 is 14.6 Å². The summed E-state index contributed by atoms with van der Waals surface area (Å²) in [5, 5.41) is 10.2. The van der Waals surface area contributed by atoms with Gasteiger partial charge in [-0.25, -0.2) is 0 Å². The normalized spacial score (nSPS) is 14.9. The Bertz CT molecular complexity index is 446. The van der Waals surface area contributed by atoms with Gasteiger partial charge in [0.15, 0.2) is 11.5 Å². The van der Waals surface area contributed by atoms with E-state index in [0.717, 1.165) is 6.42 Å². The summed E-state index contributed by atoms with van der Waals surface area (Å²) < 4.78 is 11.1. The molecule has 0 saturated carbocycles. The molecule has 1 heterocycles. The van der Waals surface area contributed by atoms with Gasteiger partial charge in [0.1, 0.15) is 5.75 Å². The molecule has 0 aliphatic carbocycles. The van der Waals surface area contributed by atoms with Gasteiger partial charge in [0, 0.05) is 19.0 Å². The van der Waals surface area contributed by atoms with Crippen LogP contribution >= 0.6 is 11.6 Å². The van der Waals surface area contributed by atoms with Crippen molar-refractivity contribution in [3.8, 4) is 17.2 Å². The number of phenolic OH excluding ortho intramolecular Hbond substituents is 1. The number of aromatic hydroxyl groups is 1. The topological polar surface area (TPSA) is 64.7 Å². The molecule has 0 bridgehead atoms. The zero-order valence-electron chi connectivity index (χ0n) is 9.28. The lowest BCUT2D eigenvalue weighted by molar-refractivity contribution is 0.296. The van der Waals surface area contributed by atoms with E-state index in [-0.39, 0.29) is 10.8 Å². The molecule has 1 aliphatic heterocycles. The molecule has 5 heteroatoms. The minimum atomic E-state index is -0.0133. The van der Waals surface area contributed by atoms with E-state index in [0.29, 0.717) is 36.8 Å². The van der Waals surface area contributed by atoms with E-state index in [4.69, 9.17) is 26.8 Å². The van der Waals surface area contributed by atoms with Crippen LogP contribution in [0.2, 0.25) is 5.02 Å². The van der Waals surface area contributed by atoms with Crippen LogP contribution in [0.15, 0.2) is 12.1 Å². The van der Waals surface area contributed by atoms with Crippen LogP contribution in [0.1, 0.15) is 12.0 Å². The second kappa shape index (κ2) is 5.29. The van der Waals surface area contributed by atoms with E-state index in [9.17, 15) is 5.11 Å². The van der Waals surface area contributed by atoms with Gasteiger partial charge >= 0.3 is 0 Å². The van der Waals surface area contributed by atoms with Gasteiger partial charge in [0.05, 0.1) is 23.8 Å². The van der Waals surface area contributed by atoms with Crippen LogP contribution in [-0.2, 0) is 0 Å². The molecule has 1 aromatic carbocycles. The standard InChI is InChI=1S/C12H14ClNO3/c13-9-7-10-12(17-6-2-5-16-10)8(11(9)15)3-1-4-14/h1,3,7,15H,2,4-6,14H2/b3-1+. The molecule has 4 nitrogen and oxygen atoms in total. The van der Waals surface area contributed by atoms with Gasteiger partial charge in [-0.3, -0.25) is 0 Å². The Morgan fingerprint density at radius 3 is 2.94 bits per heavy atom. The van der Waals surface area contributed by atoms with Gasteiger partial charge in [-0.05, 0) is 0 Å². The summed E-state index contributed by atoms with van der Waals surface area (Å²) >= 11 is 5.93. The second-order valence-electron chi connectivity index (χ2n) is 3.64. The highest BCUT2D eigenvalue weighted by atomic mass is 35.5. The Morgan fingerprint density at radius 2 is 2.18 bits per heavy atom. The molecule has 3 N–H and O–H groups in total. The molecule has 0 saturated heterocycles. The predicted molar refractivity (Wildman–Crippen MR) is 66.8 cm³/mol. The number of hydrogen-bond acceptors (Lipinski definition) is 4. The Kier molecular flexibility index (Phi) is 3.76. The second-order valence-corrected chi connectivity index (χ2v) is 4.04.